The lowest BCUT2D eigenvalue weighted by Crippen LogP contribution is -2.15. The molecule has 0 fully saturated rings. The number of furan rings is 1. The van der Waals surface area contributed by atoms with E-state index in [-0.39, 0.29) is 5.78 Å². The van der Waals surface area contributed by atoms with Gasteiger partial charge in [-0.1, -0.05) is 60.7 Å². The first-order valence-electron chi connectivity index (χ1n) is 7.56. The first kappa shape index (κ1) is 15.6. The minimum Gasteiger partial charge on any atom is -0.460 e. The van der Waals surface area contributed by atoms with Crippen molar-refractivity contribution in [3.05, 3.63) is 95.4 Å². The average molecular weight is 316 g/mol. The summed E-state index contributed by atoms with van der Waals surface area (Å²) in [4.78, 5) is 12.8. The molecule has 3 aromatic rings. The Hall–Kier alpha value is -3.27. The highest BCUT2D eigenvalue weighted by molar-refractivity contribution is 6.51. The highest BCUT2D eigenvalue weighted by Crippen LogP contribution is 2.10. The molecule has 0 spiro atoms. The Morgan fingerprint density at radius 3 is 2.08 bits per heavy atom. The van der Waals surface area contributed by atoms with E-state index in [1.807, 2.05) is 61.5 Å². The first-order valence-corrected chi connectivity index (χ1v) is 7.56. The van der Waals surface area contributed by atoms with Gasteiger partial charge < -0.3 is 4.42 Å². The van der Waals surface area contributed by atoms with Crippen LogP contribution in [-0.4, -0.2) is 17.7 Å². The van der Waals surface area contributed by atoms with Gasteiger partial charge in [-0.05, 0) is 19.1 Å². The van der Waals surface area contributed by atoms with Crippen LogP contribution in [0.2, 0.25) is 0 Å². The second-order valence-electron chi connectivity index (χ2n) is 5.20. The number of hydrogen-bond acceptors (Lipinski definition) is 4. The molecule has 3 rings (SSSR count). The minimum atomic E-state index is -0.172. The van der Waals surface area contributed by atoms with Gasteiger partial charge in [0.05, 0.1) is 6.21 Å². The summed E-state index contributed by atoms with van der Waals surface area (Å²) in [6.07, 6.45) is 1.49. The fourth-order valence-corrected chi connectivity index (χ4v) is 2.22. The monoisotopic (exact) mass is 316 g/mol. The van der Waals surface area contributed by atoms with Crippen molar-refractivity contribution in [1.82, 2.24) is 0 Å². The molecule has 0 saturated heterocycles. The third-order valence-corrected chi connectivity index (χ3v) is 3.40. The topological polar surface area (TPSA) is 54.9 Å². The Morgan fingerprint density at radius 2 is 1.50 bits per heavy atom. The highest BCUT2D eigenvalue weighted by atomic mass is 16.3. The van der Waals surface area contributed by atoms with Gasteiger partial charge in [-0.25, -0.2) is 0 Å². The molecule has 0 N–H and O–H groups in total. The van der Waals surface area contributed by atoms with Gasteiger partial charge in [0.25, 0.3) is 0 Å². The summed E-state index contributed by atoms with van der Waals surface area (Å²) < 4.78 is 5.41. The van der Waals surface area contributed by atoms with Crippen LogP contribution in [0.4, 0.5) is 0 Å². The van der Waals surface area contributed by atoms with Gasteiger partial charge in [0.15, 0.2) is 0 Å². The van der Waals surface area contributed by atoms with Gasteiger partial charge in [0, 0.05) is 11.1 Å². The van der Waals surface area contributed by atoms with Crippen LogP contribution in [-0.2, 0) is 0 Å². The minimum absolute atomic E-state index is 0.172. The number of rotatable bonds is 5. The maximum Gasteiger partial charge on any atom is 0.213 e. The molecule has 4 heteroatoms. The Morgan fingerprint density at radius 1 is 0.875 bits per heavy atom. The molecular formula is C20H16N2O2. The number of carbonyl (C=O) groups is 1. The molecule has 0 aliphatic rings. The molecule has 4 nitrogen and oxygen atoms in total. The highest BCUT2D eigenvalue weighted by Gasteiger charge is 2.15. The Labute approximate surface area is 140 Å². The van der Waals surface area contributed by atoms with Crippen molar-refractivity contribution in [1.29, 1.82) is 0 Å². The van der Waals surface area contributed by atoms with Crippen LogP contribution in [0.25, 0.3) is 0 Å². The van der Waals surface area contributed by atoms with E-state index >= 15 is 0 Å². The molecule has 0 aliphatic heterocycles. The van der Waals surface area contributed by atoms with Crippen molar-refractivity contribution in [2.24, 2.45) is 10.2 Å². The van der Waals surface area contributed by atoms with Crippen molar-refractivity contribution in [3.8, 4) is 0 Å². The zero-order chi connectivity index (χ0) is 16.8. The largest absolute Gasteiger partial charge is 0.460 e. The molecule has 0 aliphatic carbocycles. The quantitative estimate of drug-likeness (QED) is 0.400. The number of Topliss-reactive ketones (excluding diaryl/α,β-unsaturated/α-hetero) is 1. The van der Waals surface area contributed by atoms with Crippen LogP contribution >= 0.6 is 0 Å². The molecule has 0 radical (unpaired) electrons. The average Bonchev–Trinajstić information content (AvgIpc) is 3.05. The molecule has 24 heavy (non-hydrogen) atoms. The van der Waals surface area contributed by atoms with E-state index in [4.69, 9.17) is 4.42 Å². The summed E-state index contributed by atoms with van der Waals surface area (Å²) in [6, 6.07) is 22.0. The molecule has 0 saturated carbocycles. The van der Waals surface area contributed by atoms with Gasteiger partial charge in [-0.3, -0.25) is 4.79 Å². The number of nitrogens with zero attached hydrogens (tertiary/aromatic N) is 2. The van der Waals surface area contributed by atoms with E-state index in [0.717, 1.165) is 11.3 Å². The summed E-state index contributed by atoms with van der Waals surface area (Å²) in [6.45, 7) is 1.86. The van der Waals surface area contributed by atoms with Crippen molar-refractivity contribution >= 4 is 17.7 Å². The Bertz CT molecular complexity index is 878. The van der Waals surface area contributed by atoms with E-state index in [1.54, 1.807) is 18.2 Å². The van der Waals surface area contributed by atoms with Crippen LogP contribution in [0.15, 0.2) is 87.4 Å². The number of benzene rings is 2. The van der Waals surface area contributed by atoms with Gasteiger partial charge in [-0.15, -0.1) is 5.10 Å². The van der Waals surface area contributed by atoms with Gasteiger partial charge in [0.2, 0.25) is 5.78 Å². The molecule has 0 amide bonds. The Balaban J connectivity index is 1.95. The van der Waals surface area contributed by atoms with E-state index in [0.29, 0.717) is 17.0 Å². The van der Waals surface area contributed by atoms with E-state index in [9.17, 15) is 4.79 Å². The van der Waals surface area contributed by atoms with E-state index < -0.39 is 0 Å². The fraction of sp³-hybridized carbons (Fsp3) is 0.0500. The third-order valence-electron chi connectivity index (χ3n) is 3.40. The number of hydrogen-bond donors (Lipinski definition) is 0. The standard InChI is InChI=1S/C20H16N2O2/c1-15-12-13-18(24-15)14-21-22-19(16-8-4-2-5-9-16)20(23)17-10-6-3-7-11-17/h2-14H,1H3/b21-14-,22-19+. The lowest BCUT2D eigenvalue weighted by Gasteiger charge is -2.04. The second kappa shape index (κ2) is 7.33. The molecule has 1 aromatic heterocycles. The van der Waals surface area contributed by atoms with Crippen molar-refractivity contribution in [3.63, 3.8) is 0 Å². The SMILES string of the molecule is Cc1ccc(/C=N\N=C(\C(=O)c2ccccc2)c2ccccc2)o1. The zero-order valence-corrected chi connectivity index (χ0v) is 13.2. The summed E-state index contributed by atoms with van der Waals surface area (Å²) >= 11 is 0. The van der Waals surface area contributed by atoms with Crippen molar-refractivity contribution in [2.45, 2.75) is 6.92 Å². The molecule has 0 unspecified atom stereocenters. The van der Waals surface area contributed by atoms with Crippen molar-refractivity contribution in [2.75, 3.05) is 0 Å². The van der Waals surface area contributed by atoms with Crippen LogP contribution in [0, 0.1) is 6.92 Å². The van der Waals surface area contributed by atoms with Crippen molar-refractivity contribution < 1.29 is 9.21 Å². The number of aryl methyl sites for hydroxylation is 1. The zero-order valence-electron chi connectivity index (χ0n) is 13.2. The molecule has 0 bridgehead atoms. The van der Waals surface area contributed by atoms with Crippen LogP contribution < -0.4 is 0 Å². The lowest BCUT2D eigenvalue weighted by molar-refractivity contribution is 0.106. The molecule has 1 heterocycles. The predicted molar refractivity (Wildman–Crippen MR) is 94.8 cm³/mol. The summed E-state index contributed by atoms with van der Waals surface area (Å²) in [7, 11) is 0. The van der Waals surface area contributed by atoms with Crippen LogP contribution in [0.5, 0.6) is 0 Å². The molecule has 118 valence electrons. The van der Waals surface area contributed by atoms with Crippen LogP contribution in [0.3, 0.4) is 0 Å². The lowest BCUT2D eigenvalue weighted by atomic mass is 10.0. The molecule has 0 atom stereocenters. The maximum atomic E-state index is 12.8. The first-order chi connectivity index (χ1) is 11.7. The summed E-state index contributed by atoms with van der Waals surface area (Å²) in [5.41, 5.74) is 1.59. The normalized spacial score (nSPS) is 11.8. The molecular weight excluding hydrogens is 300 g/mol. The fourth-order valence-electron chi connectivity index (χ4n) is 2.22. The van der Waals surface area contributed by atoms with Gasteiger partial charge in [0.1, 0.15) is 17.2 Å². The Kier molecular flexibility index (Phi) is 4.77. The second-order valence-corrected chi connectivity index (χ2v) is 5.20. The van der Waals surface area contributed by atoms with Gasteiger partial charge >= 0.3 is 0 Å². The predicted octanol–water partition coefficient (Wildman–Crippen LogP) is 4.29. The maximum absolute atomic E-state index is 12.8. The third kappa shape index (κ3) is 3.73. The molecule has 2 aromatic carbocycles. The van der Waals surface area contributed by atoms with E-state index in [2.05, 4.69) is 10.2 Å². The van der Waals surface area contributed by atoms with Crippen LogP contribution in [0.1, 0.15) is 27.4 Å². The van der Waals surface area contributed by atoms with E-state index in [1.165, 1.54) is 6.21 Å². The van der Waals surface area contributed by atoms with Gasteiger partial charge in [-0.2, -0.15) is 5.10 Å². The smallest absolute Gasteiger partial charge is 0.213 e. The summed E-state index contributed by atoms with van der Waals surface area (Å²) in [5.74, 6) is 1.22. The number of carbonyl (C=O) groups excluding carboxylic acids is 1. The number of ketones is 1. The summed E-state index contributed by atoms with van der Waals surface area (Å²) in [5, 5.41) is 8.18.